The molecule has 1 aromatic carbocycles. The largest absolute Gasteiger partial charge is 0.464 e. The summed E-state index contributed by atoms with van der Waals surface area (Å²) in [6.07, 6.45) is 3.71. The fraction of sp³-hybridized carbons (Fsp3) is 0.222. The van der Waals surface area contributed by atoms with Crippen molar-refractivity contribution in [2.24, 2.45) is 0 Å². The van der Waals surface area contributed by atoms with Gasteiger partial charge in [-0.15, -0.1) is 0 Å². The predicted octanol–water partition coefficient (Wildman–Crippen LogP) is 3.30. The molecule has 3 aromatic rings. The van der Waals surface area contributed by atoms with Crippen LogP contribution in [-0.2, 0) is 17.8 Å². The lowest BCUT2D eigenvalue weighted by atomic mass is 10.0. The Labute approximate surface area is 129 Å². The first-order valence-electron chi connectivity index (χ1n) is 7.27. The lowest BCUT2D eigenvalue weighted by molar-refractivity contribution is -0.120. The number of carbonyl (C=O) groups is 1. The van der Waals surface area contributed by atoms with E-state index in [1.54, 1.807) is 12.5 Å². The van der Waals surface area contributed by atoms with Gasteiger partial charge in [-0.3, -0.25) is 9.78 Å². The number of aromatic nitrogens is 1. The van der Waals surface area contributed by atoms with Crippen LogP contribution in [0.3, 0.4) is 0 Å². The van der Waals surface area contributed by atoms with E-state index in [1.165, 1.54) is 0 Å². The Bertz CT molecular complexity index is 807. The maximum Gasteiger partial charge on any atom is 0.224 e. The summed E-state index contributed by atoms with van der Waals surface area (Å²) < 4.78 is 5.58. The number of nitrogens with one attached hydrogen (secondary N) is 1. The van der Waals surface area contributed by atoms with Crippen molar-refractivity contribution in [3.8, 4) is 0 Å². The van der Waals surface area contributed by atoms with Gasteiger partial charge in [0.25, 0.3) is 0 Å². The smallest absolute Gasteiger partial charge is 0.224 e. The van der Waals surface area contributed by atoms with Crippen LogP contribution < -0.4 is 5.32 Å². The van der Waals surface area contributed by atoms with Gasteiger partial charge in [0.05, 0.1) is 24.9 Å². The summed E-state index contributed by atoms with van der Waals surface area (Å²) in [6.45, 7) is 4.52. The SMILES string of the molecule is Cc1cc(C)c2c(CC(=O)NCc3ccccn3)coc2c1. The van der Waals surface area contributed by atoms with E-state index in [2.05, 4.69) is 16.4 Å². The second-order valence-electron chi connectivity index (χ2n) is 5.49. The fourth-order valence-electron chi connectivity index (χ4n) is 2.68. The van der Waals surface area contributed by atoms with Gasteiger partial charge in [0.1, 0.15) is 5.58 Å². The Balaban J connectivity index is 1.72. The van der Waals surface area contributed by atoms with Gasteiger partial charge in [-0.2, -0.15) is 0 Å². The van der Waals surface area contributed by atoms with E-state index in [9.17, 15) is 4.79 Å². The minimum Gasteiger partial charge on any atom is -0.464 e. The second kappa shape index (κ2) is 6.02. The molecule has 2 aromatic heterocycles. The molecular weight excluding hydrogens is 276 g/mol. The molecule has 0 aliphatic heterocycles. The standard InChI is InChI=1S/C18H18N2O2/c1-12-7-13(2)18-14(11-22-16(18)8-12)9-17(21)20-10-15-5-3-4-6-19-15/h3-8,11H,9-10H2,1-2H3,(H,20,21). The van der Waals surface area contributed by atoms with Crippen molar-refractivity contribution in [2.45, 2.75) is 26.8 Å². The zero-order valence-electron chi connectivity index (χ0n) is 12.7. The molecule has 0 atom stereocenters. The summed E-state index contributed by atoms with van der Waals surface area (Å²) in [6, 6.07) is 9.75. The molecule has 1 N–H and O–H groups in total. The van der Waals surface area contributed by atoms with Gasteiger partial charge in [-0.25, -0.2) is 0 Å². The van der Waals surface area contributed by atoms with Crippen molar-refractivity contribution < 1.29 is 9.21 Å². The Hall–Kier alpha value is -2.62. The van der Waals surface area contributed by atoms with Crippen LogP contribution in [-0.4, -0.2) is 10.9 Å². The number of hydrogen-bond donors (Lipinski definition) is 1. The number of nitrogens with zero attached hydrogens (tertiary/aromatic N) is 1. The minimum atomic E-state index is -0.0340. The number of aryl methyl sites for hydroxylation is 2. The summed E-state index contributed by atoms with van der Waals surface area (Å²) in [7, 11) is 0. The Kier molecular flexibility index (Phi) is 3.92. The lowest BCUT2D eigenvalue weighted by Gasteiger charge is -2.05. The summed E-state index contributed by atoms with van der Waals surface area (Å²) in [4.78, 5) is 16.3. The molecule has 2 heterocycles. The van der Waals surface area contributed by atoms with Crippen molar-refractivity contribution in [2.75, 3.05) is 0 Å². The highest BCUT2D eigenvalue weighted by molar-refractivity contribution is 5.90. The van der Waals surface area contributed by atoms with Crippen molar-refractivity contribution in [3.63, 3.8) is 0 Å². The molecule has 0 aliphatic rings. The number of benzene rings is 1. The Morgan fingerprint density at radius 1 is 1.27 bits per heavy atom. The van der Waals surface area contributed by atoms with E-state index < -0.39 is 0 Å². The van der Waals surface area contributed by atoms with Crippen LogP contribution in [0.5, 0.6) is 0 Å². The van der Waals surface area contributed by atoms with Gasteiger partial charge in [0.15, 0.2) is 0 Å². The summed E-state index contributed by atoms with van der Waals surface area (Å²) in [5, 5.41) is 3.93. The molecule has 0 aliphatic carbocycles. The van der Waals surface area contributed by atoms with Crippen LogP contribution in [0.25, 0.3) is 11.0 Å². The van der Waals surface area contributed by atoms with Gasteiger partial charge in [-0.1, -0.05) is 12.1 Å². The molecule has 0 unspecified atom stereocenters. The molecule has 3 rings (SSSR count). The third-order valence-electron chi connectivity index (χ3n) is 3.64. The maximum absolute atomic E-state index is 12.1. The molecule has 4 heteroatoms. The zero-order valence-corrected chi connectivity index (χ0v) is 12.7. The molecule has 0 fully saturated rings. The molecule has 0 saturated carbocycles. The van der Waals surface area contributed by atoms with Gasteiger partial charge in [-0.05, 0) is 43.2 Å². The molecule has 112 valence electrons. The first kappa shape index (κ1) is 14.3. The molecule has 1 amide bonds. The monoisotopic (exact) mass is 294 g/mol. The quantitative estimate of drug-likeness (QED) is 0.803. The van der Waals surface area contributed by atoms with E-state index in [-0.39, 0.29) is 5.91 Å². The first-order valence-corrected chi connectivity index (χ1v) is 7.27. The zero-order chi connectivity index (χ0) is 15.5. The van der Waals surface area contributed by atoms with Crippen LogP contribution >= 0.6 is 0 Å². The van der Waals surface area contributed by atoms with Gasteiger partial charge < -0.3 is 9.73 Å². The number of fused-ring (bicyclic) bond motifs is 1. The molecule has 0 saturated heterocycles. The molecular formula is C18H18N2O2. The average Bonchev–Trinajstić information content (AvgIpc) is 2.89. The molecule has 22 heavy (non-hydrogen) atoms. The van der Waals surface area contributed by atoms with E-state index in [1.807, 2.05) is 38.1 Å². The third-order valence-corrected chi connectivity index (χ3v) is 3.64. The number of amides is 1. The second-order valence-corrected chi connectivity index (χ2v) is 5.49. The Morgan fingerprint density at radius 3 is 2.91 bits per heavy atom. The van der Waals surface area contributed by atoms with Crippen LogP contribution in [0.1, 0.15) is 22.4 Å². The van der Waals surface area contributed by atoms with Crippen LogP contribution in [0.2, 0.25) is 0 Å². The number of rotatable bonds is 4. The van der Waals surface area contributed by atoms with Crippen LogP contribution in [0.4, 0.5) is 0 Å². The van der Waals surface area contributed by atoms with Crippen molar-refractivity contribution >= 4 is 16.9 Å². The normalized spacial score (nSPS) is 10.8. The highest BCUT2D eigenvalue weighted by Gasteiger charge is 2.12. The molecule has 4 nitrogen and oxygen atoms in total. The topological polar surface area (TPSA) is 55.1 Å². The molecule has 0 radical (unpaired) electrons. The predicted molar refractivity (Wildman–Crippen MR) is 85.5 cm³/mol. The van der Waals surface area contributed by atoms with Gasteiger partial charge in [0, 0.05) is 17.1 Å². The van der Waals surface area contributed by atoms with E-state index in [0.29, 0.717) is 13.0 Å². The minimum absolute atomic E-state index is 0.0340. The molecule has 0 bridgehead atoms. The fourth-order valence-corrected chi connectivity index (χ4v) is 2.68. The molecule has 0 spiro atoms. The van der Waals surface area contributed by atoms with E-state index >= 15 is 0 Å². The Morgan fingerprint density at radius 2 is 2.14 bits per heavy atom. The van der Waals surface area contributed by atoms with Crippen molar-refractivity contribution in [1.29, 1.82) is 0 Å². The maximum atomic E-state index is 12.1. The van der Waals surface area contributed by atoms with E-state index in [4.69, 9.17) is 4.42 Å². The summed E-state index contributed by atoms with van der Waals surface area (Å²) in [5.74, 6) is -0.0340. The average molecular weight is 294 g/mol. The van der Waals surface area contributed by atoms with Gasteiger partial charge >= 0.3 is 0 Å². The number of furan rings is 1. The summed E-state index contributed by atoms with van der Waals surface area (Å²) in [5.41, 5.74) is 4.90. The highest BCUT2D eigenvalue weighted by Crippen LogP contribution is 2.26. The van der Waals surface area contributed by atoms with Crippen molar-refractivity contribution in [1.82, 2.24) is 10.3 Å². The number of pyridine rings is 1. The van der Waals surface area contributed by atoms with Crippen molar-refractivity contribution in [3.05, 3.63) is 65.2 Å². The van der Waals surface area contributed by atoms with Gasteiger partial charge in [0.2, 0.25) is 5.91 Å². The summed E-state index contributed by atoms with van der Waals surface area (Å²) >= 11 is 0. The van der Waals surface area contributed by atoms with E-state index in [0.717, 1.165) is 33.4 Å². The number of carbonyl (C=O) groups excluding carboxylic acids is 1. The van der Waals surface area contributed by atoms with Crippen LogP contribution in [0, 0.1) is 13.8 Å². The highest BCUT2D eigenvalue weighted by atomic mass is 16.3. The van der Waals surface area contributed by atoms with Crippen LogP contribution in [0.15, 0.2) is 47.2 Å². The number of hydrogen-bond acceptors (Lipinski definition) is 3. The third kappa shape index (κ3) is 3.01. The lowest BCUT2D eigenvalue weighted by Crippen LogP contribution is -2.24. The first-order chi connectivity index (χ1) is 10.6.